The highest BCUT2D eigenvalue weighted by Gasteiger charge is 2.01. The highest BCUT2D eigenvalue weighted by Crippen LogP contribution is 2.10. The second-order valence-electron chi connectivity index (χ2n) is 2.69. The standard InChI is InChI=1S/C10H13NOS/c1-2-10(12)8-3-5-9(6-4-8)11-7-13/h3-6,11,13H,2,7H2,1H3. The van der Waals surface area contributed by atoms with Gasteiger partial charge in [-0.1, -0.05) is 6.92 Å². The fourth-order valence-electron chi connectivity index (χ4n) is 1.07. The Labute approximate surface area is 83.8 Å². The van der Waals surface area contributed by atoms with Crippen molar-refractivity contribution < 1.29 is 4.79 Å². The first-order valence-electron chi connectivity index (χ1n) is 4.26. The minimum atomic E-state index is 0.178. The molecule has 0 aromatic heterocycles. The lowest BCUT2D eigenvalue weighted by Gasteiger charge is -2.03. The third-order valence-electron chi connectivity index (χ3n) is 1.81. The van der Waals surface area contributed by atoms with Crippen molar-refractivity contribution in [2.75, 3.05) is 11.2 Å². The van der Waals surface area contributed by atoms with E-state index in [1.54, 1.807) is 0 Å². The number of hydrogen-bond acceptors (Lipinski definition) is 3. The average molecular weight is 195 g/mol. The molecule has 1 aromatic carbocycles. The Kier molecular flexibility index (Phi) is 3.83. The monoisotopic (exact) mass is 195 g/mol. The van der Waals surface area contributed by atoms with Crippen LogP contribution in [0.3, 0.4) is 0 Å². The largest absolute Gasteiger partial charge is 0.376 e. The SMILES string of the molecule is CCC(=O)c1ccc(NCS)cc1. The Morgan fingerprint density at radius 2 is 2.00 bits per heavy atom. The molecule has 1 aromatic rings. The van der Waals surface area contributed by atoms with Gasteiger partial charge in [-0.25, -0.2) is 0 Å². The molecule has 1 N–H and O–H groups in total. The zero-order valence-corrected chi connectivity index (χ0v) is 8.47. The molecule has 0 aliphatic carbocycles. The number of hydrogen-bond donors (Lipinski definition) is 2. The van der Waals surface area contributed by atoms with Crippen LogP contribution in [-0.4, -0.2) is 11.7 Å². The summed E-state index contributed by atoms with van der Waals surface area (Å²) in [6.45, 7) is 1.86. The first-order valence-corrected chi connectivity index (χ1v) is 4.89. The van der Waals surface area contributed by atoms with Gasteiger partial charge in [0.2, 0.25) is 0 Å². The molecule has 0 aliphatic rings. The third-order valence-corrected chi connectivity index (χ3v) is 1.97. The second kappa shape index (κ2) is 4.92. The second-order valence-corrected chi connectivity index (χ2v) is 3.01. The molecule has 0 unspecified atom stereocenters. The highest BCUT2D eigenvalue weighted by molar-refractivity contribution is 7.80. The van der Waals surface area contributed by atoms with Crippen LogP contribution in [-0.2, 0) is 0 Å². The summed E-state index contributed by atoms with van der Waals surface area (Å²) in [5, 5.41) is 3.04. The van der Waals surface area contributed by atoms with Crippen molar-refractivity contribution in [1.29, 1.82) is 0 Å². The molecule has 0 bridgehead atoms. The zero-order valence-electron chi connectivity index (χ0n) is 7.58. The Morgan fingerprint density at radius 1 is 1.38 bits per heavy atom. The molecule has 2 nitrogen and oxygen atoms in total. The predicted molar refractivity (Wildman–Crippen MR) is 58.5 cm³/mol. The van der Waals surface area contributed by atoms with Crippen LogP contribution in [0.25, 0.3) is 0 Å². The summed E-state index contributed by atoms with van der Waals surface area (Å²) in [5.74, 6) is 0.776. The maximum absolute atomic E-state index is 11.2. The van der Waals surface area contributed by atoms with E-state index in [1.807, 2.05) is 31.2 Å². The van der Waals surface area contributed by atoms with Gasteiger partial charge in [0, 0.05) is 17.7 Å². The van der Waals surface area contributed by atoms with Crippen molar-refractivity contribution in [2.45, 2.75) is 13.3 Å². The van der Waals surface area contributed by atoms with Crippen LogP contribution in [0.15, 0.2) is 24.3 Å². The van der Waals surface area contributed by atoms with Gasteiger partial charge in [-0.05, 0) is 24.3 Å². The minimum absolute atomic E-state index is 0.178. The number of carbonyl (C=O) groups excluding carboxylic acids is 1. The maximum atomic E-state index is 11.2. The van der Waals surface area contributed by atoms with Crippen LogP contribution < -0.4 is 5.32 Å². The van der Waals surface area contributed by atoms with Crippen LogP contribution in [0.5, 0.6) is 0 Å². The Hall–Kier alpha value is -0.960. The molecule has 3 heteroatoms. The first-order chi connectivity index (χ1) is 6.27. The number of nitrogens with one attached hydrogen (secondary N) is 1. The first kappa shape index (κ1) is 10.1. The molecule has 0 aliphatic heterocycles. The molecular weight excluding hydrogens is 182 g/mol. The number of carbonyl (C=O) groups is 1. The number of ketones is 1. The predicted octanol–water partition coefficient (Wildman–Crippen LogP) is 2.58. The summed E-state index contributed by atoms with van der Waals surface area (Å²) in [6.07, 6.45) is 0.555. The molecule has 0 fully saturated rings. The van der Waals surface area contributed by atoms with Gasteiger partial charge in [-0.3, -0.25) is 4.79 Å². The number of anilines is 1. The summed E-state index contributed by atoms with van der Waals surface area (Å²) >= 11 is 4.04. The number of rotatable bonds is 4. The van der Waals surface area contributed by atoms with E-state index in [-0.39, 0.29) is 5.78 Å². The van der Waals surface area contributed by atoms with Crippen LogP contribution in [0.1, 0.15) is 23.7 Å². The maximum Gasteiger partial charge on any atom is 0.162 e. The van der Waals surface area contributed by atoms with Gasteiger partial charge >= 0.3 is 0 Å². The van der Waals surface area contributed by atoms with E-state index >= 15 is 0 Å². The minimum Gasteiger partial charge on any atom is -0.376 e. The van der Waals surface area contributed by atoms with Gasteiger partial charge in [0.15, 0.2) is 5.78 Å². The normalized spacial score (nSPS) is 9.69. The summed E-state index contributed by atoms with van der Waals surface area (Å²) in [6, 6.07) is 7.44. The molecule has 70 valence electrons. The van der Waals surface area contributed by atoms with E-state index in [1.165, 1.54) is 0 Å². The van der Waals surface area contributed by atoms with Crippen molar-refractivity contribution >= 4 is 24.1 Å². The van der Waals surface area contributed by atoms with E-state index in [0.717, 1.165) is 11.3 Å². The lowest BCUT2D eigenvalue weighted by Crippen LogP contribution is -1.98. The van der Waals surface area contributed by atoms with Gasteiger partial charge in [-0.15, -0.1) is 0 Å². The quantitative estimate of drug-likeness (QED) is 0.439. The fourth-order valence-corrected chi connectivity index (χ4v) is 1.25. The Bertz CT molecular complexity index is 281. The number of Topliss-reactive ketones (excluding diaryl/α,β-unsaturated/α-hetero) is 1. The molecule has 0 atom stereocenters. The highest BCUT2D eigenvalue weighted by atomic mass is 32.1. The Morgan fingerprint density at radius 3 is 2.46 bits per heavy atom. The molecule has 0 heterocycles. The fraction of sp³-hybridized carbons (Fsp3) is 0.300. The van der Waals surface area contributed by atoms with E-state index in [0.29, 0.717) is 12.3 Å². The molecule has 0 radical (unpaired) electrons. The van der Waals surface area contributed by atoms with Gasteiger partial charge in [0.1, 0.15) is 0 Å². The number of thiol groups is 1. The molecule has 0 amide bonds. The smallest absolute Gasteiger partial charge is 0.162 e. The van der Waals surface area contributed by atoms with E-state index in [4.69, 9.17) is 0 Å². The molecule has 0 saturated heterocycles. The van der Waals surface area contributed by atoms with Crippen molar-refractivity contribution in [1.82, 2.24) is 0 Å². The topological polar surface area (TPSA) is 29.1 Å². The lowest BCUT2D eigenvalue weighted by atomic mass is 10.1. The van der Waals surface area contributed by atoms with Gasteiger partial charge < -0.3 is 5.32 Å². The average Bonchev–Trinajstić information content (AvgIpc) is 2.18. The van der Waals surface area contributed by atoms with E-state index in [9.17, 15) is 4.79 Å². The van der Waals surface area contributed by atoms with Gasteiger partial charge in [0.05, 0.1) is 5.88 Å². The van der Waals surface area contributed by atoms with Gasteiger partial charge in [-0.2, -0.15) is 12.6 Å². The zero-order chi connectivity index (χ0) is 9.68. The van der Waals surface area contributed by atoms with Crippen molar-refractivity contribution in [2.24, 2.45) is 0 Å². The van der Waals surface area contributed by atoms with Crippen molar-refractivity contribution in [3.05, 3.63) is 29.8 Å². The lowest BCUT2D eigenvalue weighted by molar-refractivity contribution is 0.0988. The third kappa shape index (κ3) is 2.77. The molecule has 0 saturated carbocycles. The van der Waals surface area contributed by atoms with E-state index in [2.05, 4.69) is 17.9 Å². The summed E-state index contributed by atoms with van der Waals surface area (Å²) in [5.41, 5.74) is 1.76. The van der Waals surface area contributed by atoms with Crippen LogP contribution in [0.2, 0.25) is 0 Å². The summed E-state index contributed by atoms with van der Waals surface area (Å²) in [7, 11) is 0. The van der Waals surface area contributed by atoms with Crippen LogP contribution in [0.4, 0.5) is 5.69 Å². The van der Waals surface area contributed by atoms with E-state index < -0.39 is 0 Å². The van der Waals surface area contributed by atoms with Crippen molar-refractivity contribution in [3.63, 3.8) is 0 Å². The molecular formula is C10H13NOS. The summed E-state index contributed by atoms with van der Waals surface area (Å²) in [4.78, 5) is 11.2. The Balaban J connectivity index is 2.75. The van der Waals surface area contributed by atoms with Crippen LogP contribution >= 0.6 is 12.6 Å². The summed E-state index contributed by atoms with van der Waals surface area (Å²) < 4.78 is 0. The molecule has 0 spiro atoms. The van der Waals surface area contributed by atoms with Gasteiger partial charge in [0.25, 0.3) is 0 Å². The molecule has 13 heavy (non-hydrogen) atoms. The van der Waals surface area contributed by atoms with Crippen molar-refractivity contribution in [3.8, 4) is 0 Å². The molecule has 1 rings (SSSR count). The number of benzene rings is 1. The van der Waals surface area contributed by atoms with Crippen LogP contribution in [0, 0.1) is 0 Å².